The van der Waals surface area contributed by atoms with E-state index in [2.05, 4.69) is 25.4 Å². The number of halogens is 1. The Hall–Kier alpha value is -1.10. The second kappa shape index (κ2) is 5.95. The number of rotatable bonds is 5. The minimum atomic E-state index is -3.69. The van der Waals surface area contributed by atoms with Crippen molar-refractivity contribution in [1.82, 2.24) is 0 Å². The lowest BCUT2D eigenvalue weighted by molar-refractivity contribution is 0.602. The predicted molar refractivity (Wildman–Crippen MR) is 87.7 cm³/mol. The highest BCUT2D eigenvalue weighted by molar-refractivity contribution is 9.11. The highest BCUT2D eigenvalue weighted by Gasteiger charge is 2.16. The van der Waals surface area contributed by atoms with E-state index in [0.29, 0.717) is 3.79 Å². The molecule has 0 saturated heterocycles. The van der Waals surface area contributed by atoms with Crippen LogP contribution in [0.4, 0.5) is 11.4 Å². The van der Waals surface area contributed by atoms with Crippen LogP contribution in [0.25, 0.3) is 0 Å². The van der Waals surface area contributed by atoms with Crippen LogP contribution in [0.15, 0.2) is 44.4 Å². The molecule has 1 aromatic heterocycles. The minimum Gasteiger partial charge on any atom is -0.284 e. The van der Waals surface area contributed by atoms with E-state index in [1.807, 2.05) is 0 Å². The van der Waals surface area contributed by atoms with Gasteiger partial charge in [-0.25, -0.2) is 16.8 Å². The maximum atomic E-state index is 12.2. The highest BCUT2D eigenvalue weighted by atomic mass is 79.9. The van der Waals surface area contributed by atoms with Crippen LogP contribution in [-0.4, -0.2) is 23.1 Å². The minimum absolute atomic E-state index is 0.163. The first kappa shape index (κ1) is 16.3. The van der Waals surface area contributed by atoms with Crippen molar-refractivity contribution in [2.75, 3.05) is 15.7 Å². The summed E-state index contributed by atoms with van der Waals surface area (Å²) in [5.41, 5.74) is 0.554. The zero-order valence-corrected chi connectivity index (χ0v) is 14.7. The highest BCUT2D eigenvalue weighted by Crippen LogP contribution is 2.28. The number of hydrogen-bond acceptors (Lipinski definition) is 5. The van der Waals surface area contributed by atoms with Gasteiger partial charge >= 0.3 is 0 Å². The first-order valence-electron chi connectivity index (χ1n) is 5.52. The van der Waals surface area contributed by atoms with Gasteiger partial charge in [0.25, 0.3) is 10.0 Å². The summed E-state index contributed by atoms with van der Waals surface area (Å²) in [7, 11) is -7.11. The molecule has 2 N–H and O–H groups in total. The summed E-state index contributed by atoms with van der Waals surface area (Å²) in [4.78, 5) is 0. The lowest BCUT2D eigenvalue weighted by Crippen LogP contribution is -2.12. The molecule has 0 aliphatic heterocycles. The Morgan fingerprint density at radius 3 is 2.14 bits per heavy atom. The summed E-state index contributed by atoms with van der Waals surface area (Å²) < 4.78 is 52.2. The molecule has 0 fully saturated rings. The van der Waals surface area contributed by atoms with Crippen molar-refractivity contribution in [2.45, 2.75) is 4.21 Å². The topological polar surface area (TPSA) is 92.3 Å². The van der Waals surface area contributed by atoms with Crippen LogP contribution in [0.1, 0.15) is 0 Å². The Kier molecular flexibility index (Phi) is 4.61. The lowest BCUT2D eigenvalue weighted by Gasteiger charge is -2.09. The van der Waals surface area contributed by atoms with Crippen molar-refractivity contribution in [3.63, 3.8) is 0 Å². The maximum Gasteiger partial charge on any atom is 0.271 e. The monoisotopic (exact) mass is 410 g/mol. The summed E-state index contributed by atoms with van der Waals surface area (Å²) in [6.07, 6.45) is 1.02. The van der Waals surface area contributed by atoms with Gasteiger partial charge in [0, 0.05) is 0 Å². The van der Waals surface area contributed by atoms with Crippen LogP contribution in [0, 0.1) is 0 Å². The van der Waals surface area contributed by atoms with Gasteiger partial charge in [-0.2, -0.15) is 0 Å². The first-order valence-corrected chi connectivity index (χ1v) is 10.5. The van der Waals surface area contributed by atoms with Gasteiger partial charge in [0.05, 0.1) is 21.4 Å². The van der Waals surface area contributed by atoms with E-state index >= 15 is 0 Å². The van der Waals surface area contributed by atoms with Crippen LogP contribution in [0.5, 0.6) is 0 Å². The van der Waals surface area contributed by atoms with E-state index in [1.165, 1.54) is 24.3 Å². The predicted octanol–water partition coefficient (Wildman–Crippen LogP) is 2.68. The Morgan fingerprint density at radius 2 is 1.62 bits per heavy atom. The number of sulfonamides is 2. The van der Waals surface area contributed by atoms with E-state index in [4.69, 9.17) is 0 Å². The van der Waals surface area contributed by atoms with Crippen molar-refractivity contribution in [2.24, 2.45) is 0 Å². The van der Waals surface area contributed by atoms with Gasteiger partial charge in [-0.15, -0.1) is 11.3 Å². The molecule has 0 radical (unpaired) electrons. The SMILES string of the molecule is CS(=O)(=O)Nc1cccc(NS(=O)(=O)c2ccc(Br)s2)c1. The second-order valence-electron chi connectivity index (χ2n) is 4.12. The van der Waals surface area contributed by atoms with Crippen LogP contribution < -0.4 is 9.44 Å². The molecule has 2 rings (SSSR count). The van der Waals surface area contributed by atoms with Crippen LogP contribution in [0.2, 0.25) is 0 Å². The molecule has 6 nitrogen and oxygen atoms in total. The van der Waals surface area contributed by atoms with E-state index < -0.39 is 20.0 Å². The molecule has 0 unspecified atom stereocenters. The fourth-order valence-electron chi connectivity index (χ4n) is 1.51. The van der Waals surface area contributed by atoms with Crippen molar-refractivity contribution in [3.8, 4) is 0 Å². The third-order valence-electron chi connectivity index (χ3n) is 2.23. The summed E-state index contributed by atoms with van der Waals surface area (Å²) >= 11 is 4.29. The third kappa shape index (κ3) is 4.70. The normalized spacial score (nSPS) is 12.1. The number of hydrogen-bond donors (Lipinski definition) is 2. The van der Waals surface area contributed by atoms with Crippen LogP contribution in [-0.2, 0) is 20.0 Å². The number of anilines is 2. The average molecular weight is 411 g/mol. The summed E-state index contributed by atoms with van der Waals surface area (Å²) in [5, 5.41) is 0. The molecule has 114 valence electrons. The van der Waals surface area contributed by atoms with Gasteiger partial charge in [-0.05, 0) is 46.3 Å². The Bertz CT molecular complexity index is 859. The number of thiophene rings is 1. The fourth-order valence-corrected chi connectivity index (χ4v) is 5.12. The molecule has 0 aliphatic carbocycles. The van der Waals surface area contributed by atoms with Crippen LogP contribution >= 0.6 is 27.3 Å². The van der Waals surface area contributed by atoms with Gasteiger partial charge in [-0.3, -0.25) is 9.44 Å². The Labute approximate surface area is 135 Å². The second-order valence-corrected chi connectivity index (χ2v) is 10.2. The summed E-state index contributed by atoms with van der Waals surface area (Å²) in [5.74, 6) is 0. The standard InChI is InChI=1S/C11H11BrN2O4S3/c1-20(15,16)13-8-3-2-4-9(7-8)14-21(17,18)11-6-5-10(12)19-11/h2-7,13-14H,1H3. The van der Waals surface area contributed by atoms with Crippen molar-refractivity contribution < 1.29 is 16.8 Å². The molecule has 1 heterocycles. The van der Waals surface area contributed by atoms with E-state index in [9.17, 15) is 16.8 Å². The fraction of sp³-hybridized carbons (Fsp3) is 0.0909. The van der Waals surface area contributed by atoms with E-state index in [1.54, 1.807) is 12.1 Å². The van der Waals surface area contributed by atoms with Crippen molar-refractivity contribution in [1.29, 1.82) is 0 Å². The van der Waals surface area contributed by atoms with Gasteiger partial charge < -0.3 is 0 Å². The number of nitrogens with one attached hydrogen (secondary N) is 2. The smallest absolute Gasteiger partial charge is 0.271 e. The largest absolute Gasteiger partial charge is 0.284 e. The molecule has 0 amide bonds. The number of benzene rings is 1. The molecule has 10 heteroatoms. The Morgan fingerprint density at radius 1 is 1.00 bits per heavy atom. The maximum absolute atomic E-state index is 12.2. The Balaban J connectivity index is 2.26. The first-order chi connectivity index (χ1) is 9.66. The molecule has 21 heavy (non-hydrogen) atoms. The summed E-state index contributed by atoms with van der Waals surface area (Å²) in [6, 6.07) is 9.14. The molecule has 1 aromatic carbocycles. The van der Waals surface area contributed by atoms with Crippen molar-refractivity contribution in [3.05, 3.63) is 40.2 Å². The van der Waals surface area contributed by atoms with Gasteiger partial charge in [0.2, 0.25) is 10.0 Å². The molecular formula is C11H11BrN2O4S3. The average Bonchev–Trinajstić information content (AvgIpc) is 2.74. The zero-order valence-electron chi connectivity index (χ0n) is 10.7. The quantitative estimate of drug-likeness (QED) is 0.792. The van der Waals surface area contributed by atoms with Gasteiger partial charge in [-0.1, -0.05) is 6.07 Å². The molecule has 0 aliphatic rings. The zero-order chi connectivity index (χ0) is 15.7. The van der Waals surface area contributed by atoms with Crippen molar-refractivity contribution >= 4 is 58.7 Å². The molecule has 0 bridgehead atoms. The molecular weight excluding hydrogens is 400 g/mol. The molecule has 0 atom stereocenters. The van der Waals surface area contributed by atoms with Gasteiger partial charge in [0.1, 0.15) is 4.21 Å². The molecule has 2 aromatic rings. The van der Waals surface area contributed by atoms with E-state index in [0.717, 1.165) is 17.6 Å². The molecule has 0 saturated carbocycles. The third-order valence-corrected chi connectivity index (χ3v) is 6.33. The molecule has 0 spiro atoms. The lowest BCUT2D eigenvalue weighted by atomic mass is 10.3. The van der Waals surface area contributed by atoms with E-state index in [-0.39, 0.29) is 15.6 Å². The van der Waals surface area contributed by atoms with Gasteiger partial charge in [0.15, 0.2) is 0 Å². The summed E-state index contributed by atoms with van der Waals surface area (Å²) in [6.45, 7) is 0. The van der Waals surface area contributed by atoms with Crippen LogP contribution in [0.3, 0.4) is 0 Å².